The minimum atomic E-state index is 0.174. The lowest BCUT2D eigenvalue weighted by molar-refractivity contribution is 0.629. The molecule has 3 heteroatoms. The molecule has 0 radical (unpaired) electrons. The Morgan fingerprint density at radius 3 is 2.89 bits per heavy atom. The highest BCUT2D eigenvalue weighted by Crippen LogP contribution is 2.22. The lowest BCUT2D eigenvalue weighted by Crippen LogP contribution is -2.18. The van der Waals surface area contributed by atoms with E-state index in [1.54, 1.807) is 0 Å². The van der Waals surface area contributed by atoms with E-state index in [1.165, 1.54) is 16.5 Å². The smallest absolute Gasteiger partial charge is 0.0621 e. The first-order chi connectivity index (χ1) is 9.22. The number of nitriles is 1. The molecule has 0 spiro atoms. The Kier molecular flexibility index (Phi) is 4.59. The first-order valence-corrected chi connectivity index (χ1v) is 6.91. The normalized spacial score (nSPS) is 12.5. The zero-order valence-electron chi connectivity index (χ0n) is 11.5. The predicted molar refractivity (Wildman–Crippen MR) is 78.8 cm³/mol. The number of aryl methyl sites for hydroxylation is 1. The monoisotopic (exact) mass is 255 g/mol. The van der Waals surface area contributed by atoms with E-state index in [1.807, 2.05) is 6.92 Å². The van der Waals surface area contributed by atoms with Crippen LogP contribution in [0.15, 0.2) is 30.5 Å². The van der Waals surface area contributed by atoms with Crippen molar-refractivity contribution >= 4 is 10.9 Å². The van der Waals surface area contributed by atoms with Gasteiger partial charge < -0.3 is 10.3 Å². The van der Waals surface area contributed by atoms with Gasteiger partial charge in [-0.15, -0.1) is 0 Å². The van der Waals surface area contributed by atoms with Crippen molar-refractivity contribution in [3.05, 3.63) is 36.0 Å². The van der Waals surface area contributed by atoms with Crippen LogP contribution >= 0.6 is 0 Å². The summed E-state index contributed by atoms with van der Waals surface area (Å²) < 4.78 is 2.30. The first-order valence-electron chi connectivity index (χ1n) is 6.91. The summed E-state index contributed by atoms with van der Waals surface area (Å²) in [4.78, 5) is 0. The Bertz CT molecular complexity index is 575. The summed E-state index contributed by atoms with van der Waals surface area (Å²) in [6, 6.07) is 10.9. The van der Waals surface area contributed by atoms with E-state index in [-0.39, 0.29) is 6.04 Å². The van der Waals surface area contributed by atoms with Crippen LogP contribution in [0.2, 0.25) is 0 Å². The molecule has 0 aliphatic carbocycles. The van der Waals surface area contributed by atoms with Gasteiger partial charge in [0.25, 0.3) is 0 Å². The highest BCUT2D eigenvalue weighted by molar-refractivity contribution is 5.83. The Hall–Kier alpha value is -1.79. The molecule has 1 atom stereocenters. The zero-order chi connectivity index (χ0) is 13.7. The minimum absolute atomic E-state index is 0.174. The molecule has 1 unspecified atom stereocenters. The van der Waals surface area contributed by atoms with Crippen LogP contribution in [0.5, 0.6) is 0 Å². The van der Waals surface area contributed by atoms with Gasteiger partial charge in [-0.05, 0) is 43.2 Å². The van der Waals surface area contributed by atoms with Gasteiger partial charge in [0.2, 0.25) is 0 Å². The molecule has 3 nitrogen and oxygen atoms in total. The Morgan fingerprint density at radius 2 is 2.16 bits per heavy atom. The van der Waals surface area contributed by atoms with Crippen LogP contribution in [0, 0.1) is 11.3 Å². The van der Waals surface area contributed by atoms with Crippen molar-refractivity contribution in [1.29, 1.82) is 5.26 Å². The number of nitrogens with two attached hydrogens (primary N) is 1. The van der Waals surface area contributed by atoms with Gasteiger partial charge in [-0.1, -0.05) is 18.2 Å². The van der Waals surface area contributed by atoms with Crippen LogP contribution in [0.4, 0.5) is 0 Å². The number of fused-ring (bicyclic) bond motifs is 1. The number of benzene rings is 1. The van der Waals surface area contributed by atoms with E-state index in [2.05, 4.69) is 41.1 Å². The second kappa shape index (κ2) is 6.40. The van der Waals surface area contributed by atoms with Gasteiger partial charge in [-0.2, -0.15) is 5.26 Å². The molecule has 0 aliphatic heterocycles. The molecular formula is C16H21N3. The molecule has 2 aromatic rings. The van der Waals surface area contributed by atoms with E-state index < -0.39 is 0 Å². The lowest BCUT2D eigenvalue weighted by Gasteiger charge is -2.11. The summed E-state index contributed by atoms with van der Waals surface area (Å²) in [5.74, 6) is 0. The summed E-state index contributed by atoms with van der Waals surface area (Å²) in [5.41, 5.74) is 8.55. The first kappa shape index (κ1) is 13.6. The molecule has 2 rings (SSSR count). The molecule has 0 saturated heterocycles. The summed E-state index contributed by atoms with van der Waals surface area (Å²) in [7, 11) is 0. The third-order valence-electron chi connectivity index (χ3n) is 3.35. The van der Waals surface area contributed by atoms with Crippen molar-refractivity contribution in [3.63, 3.8) is 0 Å². The fraction of sp³-hybridized carbons (Fsp3) is 0.438. The maximum absolute atomic E-state index is 8.57. The van der Waals surface area contributed by atoms with Crippen molar-refractivity contribution in [1.82, 2.24) is 4.57 Å². The second-order valence-electron chi connectivity index (χ2n) is 5.16. The molecule has 1 aromatic carbocycles. The van der Waals surface area contributed by atoms with Crippen LogP contribution in [-0.2, 0) is 13.0 Å². The largest absolute Gasteiger partial charge is 0.347 e. The maximum atomic E-state index is 8.57. The number of para-hydroxylation sites is 1. The predicted octanol–water partition coefficient (Wildman–Crippen LogP) is 3.22. The van der Waals surface area contributed by atoms with E-state index in [0.29, 0.717) is 6.42 Å². The summed E-state index contributed by atoms with van der Waals surface area (Å²) in [5, 5.41) is 9.84. The summed E-state index contributed by atoms with van der Waals surface area (Å²) in [6.45, 7) is 3.01. The molecule has 0 bridgehead atoms. The summed E-state index contributed by atoms with van der Waals surface area (Å²) in [6.07, 6.45) is 5.70. The van der Waals surface area contributed by atoms with Crippen molar-refractivity contribution in [3.8, 4) is 6.07 Å². The maximum Gasteiger partial charge on any atom is 0.0621 e. The molecule has 2 N–H and O–H groups in total. The van der Waals surface area contributed by atoms with Gasteiger partial charge in [0.05, 0.1) is 11.6 Å². The second-order valence-corrected chi connectivity index (χ2v) is 5.16. The number of unbranched alkanes of at least 4 members (excludes halogenated alkanes) is 2. The summed E-state index contributed by atoms with van der Waals surface area (Å²) >= 11 is 0. The molecule has 100 valence electrons. The van der Waals surface area contributed by atoms with E-state index in [4.69, 9.17) is 11.0 Å². The number of hydrogen-bond donors (Lipinski definition) is 1. The number of rotatable bonds is 6. The van der Waals surface area contributed by atoms with Gasteiger partial charge in [-0.25, -0.2) is 0 Å². The number of hydrogen-bond acceptors (Lipinski definition) is 2. The fourth-order valence-electron chi connectivity index (χ4n) is 2.52. The molecule has 1 aromatic heterocycles. The topological polar surface area (TPSA) is 54.7 Å². The average Bonchev–Trinajstić information content (AvgIpc) is 2.78. The quantitative estimate of drug-likeness (QED) is 0.806. The van der Waals surface area contributed by atoms with Gasteiger partial charge in [-0.3, -0.25) is 0 Å². The van der Waals surface area contributed by atoms with Crippen molar-refractivity contribution in [2.45, 2.75) is 45.2 Å². The van der Waals surface area contributed by atoms with Gasteiger partial charge in [0.1, 0.15) is 0 Å². The van der Waals surface area contributed by atoms with Crippen LogP contribution in [0.3, 0.4) is 0 Å². The Labute approximate surface area is 114 Å². The van der Waals surface area contributed by atoms with Crippen LogP contribution in [-0.4, -0.2) is 10.6 Å². The molecule has 0 saturated carbocycles. The Balaban J connectivity index is 2.21. The molecule has 0 aliphatic rings. The number of aromatic nitrogens is 1. The van der Waals surface area contributed by atoms with E-state index in [0.717, 1.165) is 25.8 Å². The molecule has 19 heavy (non-hydrogen) atoms. The van der Waals surface area contributed by atoms with Gasteiger partial charge >= 0.3 is 0 Å². The lowest BCUT2D eigenvalue weighted by atomic mass is 10.0. The van der Waals surface area contributed by atoms with Crippen LogP contribution in [0.1, 0.15) is 31.7 Å². The highest BCUT2D eigenvalue weighted by atomic mass is 15.0. The fourth-order valence-corrected chi connectivity index (χ4v) is 2.52. The van der Waals surface area contributed by atoms with Crippen molar-refractivity contribution in [2.24, 2.45) is 5.73 Å². The highest BCUT2D eigenvalue weighted by Gasteiger charge is 2.08. The third kappa shape index (κ3) is 3.36. The Morgan fingerprint density at radius 1 is 1.32 bits per heavy atom. The standard InChI is InChI=1S/C16H21N3/c1-13(18)12-15-7-5-6-14-8-11-19(16(14)15)10-4-2-3-9-17/h5-8,11,13H,2-4,10,12,18H2,1H3. The average molecular weight is 255 g/mol. The molecular weight excluding hydrogens is 234 g/mol. The van der Waals surface area contributed by atoms with Crippen molar-refractivity contribution in [2.75, 3.05) is 0 Å². The molecule has 1 heterocycles. The van der Waals surface area contributed by atoms with Crippen molar-refractivity contribution < 1.29 is 0 Å². The number of nitrogens with zero attached hydrogens (tertiary/aromatic N) is 2. The van der Waals surface area contributed by atoms with Crippen LogP contribution in [0.25, 0.3) is 10.9 Å². The minimum Gasteiger partial charge on any atom is -0.347 e. The van der Waals surface area contributed by atoms with E-state index >= 15 is 0 Å². The van der Waals surface area contributed by atoms with Crippen LogP contribution < -0.4 is 5.73 Å². The molecule has 0 fully saturated rings. The third-order valence-corrected chi connectivity index (χ3v) is 3.35. The van der Waals surface area contributed by atoms with Gasteiger partial charge in [0, 0.05) is 25.2 Å². The zero-order valence-corrected chi connectivity index (χ0v) is 11.5. The SMILES string of the molecule is CC(N)Cc1cccc2ccn(CCCCC#N)c12. The van der Waals surface area contributed by atoms with Gasteiger partial charge in [0.15, 0.2) is 0 Å². The molecule has 0 amide bonds. The van der Waals surface area contributed by atoms with E-state index in [9.17, 15) is 0 Å².